The van der Waals surface area contributed by atoms with Gasteiger partial charge in [0.1, 0.15) is 5.75 Å². The second-order valence-corrected chi connectivity index (χ2v) is 9.63. The van der Waals surface area contributed by atoms with Gasteiger partial charge in [0.05, 0.1) is 36.7 Å². The summed E-state index contributed by atoms with van der Waals surface area (Å²) < 4.78 is 42.7. The van der Waals surface area contributed by atoms with E-state index in [9.17, 15) is 18.0 Å². The molecule has 2 aromatic carbocycles. The summed E-state index contributed by atoms with van der Waals surface area (Å²) in [5, 5.41) is 0. The minimum atomic E-state index is -3.71. The summed E-state index contributed by atoms with van der Waals surface area (Å²) >= 11 is 0. The molecule has 1 aliphatic rings. The van der Waals surface area contributed by atoms with Crippen molar-refractivity contribution in [3.63, 3.8) is 0 Å². The third kappa shape index (κ3) is 6.33. The van der Waals surface area contributed by atoms with E-state index in [1.54, 1.807) is 14.0 Å². The summed E-state index contributed by atoms with van der Waals surface area (Å²) in [6.45, 7) is 2.70. The van der Waals surface area contributed by atoms with E-state index in [4.69, 9.17) is 14.2 Å². The molecule has 8 nitrogen and oxygen atoms in total. The van der Waals surface area contributed by atoms with Gasteiger partial charge in [-0.15, -0.1) is 0 Å². The molecule has 1 heterocycles. The highest BCUT2D eigenvalue weighted by Gasteiger charge is 2.32. The topological polar surface area (TPSA) is 99.2 Å². The Morgan fingerprint density at radius 3 is 2.18 bits per heavy atom. The van der Waals surface area contributed by atoms with Crippen LogP contribution in [0, 0.1) is 5.92 Å². The smallest absolute Gasteiger partial charge is 0.338 e. The largest absolute Gasteiger partial charge is 0.497 e. The predicted molar refractivity (Wildman–Crippen MR) is 122 cm³/mol. The highest BCUT2D eigenvalue weighted by Crippen LogP contribution is 2.25. The number of esters is 2. The lowest BCUT2D eigenvalue weighted by Crippen LogP contribution is -2.40. The zero-order valence-electron chi connectivity index (χ0n) is 18.9. The van der Waals surface area contributed by atoms with Crippen molar-refractivity contribution in [3.8, 4) is 5.75 Å². The summed E-state index contributed by atoms with van der Waals surface area (Å²) in [6.07, 6.45) is 1.41. The van der Waals surface area contributed by atoms with E-state index in [1.165, 1.54) is 28.6 Å². The Hall–Kier alpha value is -2.91. The van der Waals surface area contributed by atoms with Crippen LogP contribution in [-0.2, 0) is 30.7 Å². The number of rotatable bonds is 9. The molecule has 0 saturated carbocycles. The maximum Gasteiger partial charge on any atom is 0.338 e. The molecule has 1 saturated heterocycles. The van der Waals surface area contributed by atoms with Crippen molar-refractivity contribution in [2.24, 2.45) is 5.92 Å². The monoisotopic (exact) mass is 475 g/mol. The molecule has 0 N–H and O–H groups in total. The van der Waals surface area contributed by atoms with Crippen LogP contribution in [0.25, 0.3) is 0 Å². The third-order valence-corrected chi connectivity index (χ3v) is 7.50. The fourth-order valence-electron chi connectivity index (χ4n) is 3.64. The summed E-state index contributed by atoms with van der Waals surface area (Å²) in [4.78, 5) is 24.3. The first-order valence-corrected chi connectivity index (χ1v) is 12.4. The summed E-state index contributed by atoms with van der Waals surface area (Å²) in [5.41, 5.74) is 1.34. The van der Waals surface area contributed by atoms with Gasteiger partial charge in [0.15, 0.2) is 0 Å². The van der Waals surface area contributed by atoms with Gasteiger partial charge in [-0.2, -0.15) is 4.31 Å². The lowest BCUT2D eigenvalue weighted by atomic mass is 9.98. The minimum Gasteiger partial charge on any atom is -0.497 e. The van der Waals surface area contributed by atoms with Crippen molar-refractivity contribution in [2.75, 3.05) is 33.4 Å². The molecule has 178 valence electrons. The number of hydrogen-bond acceptors (Lipinski definition) is 7. The molecule has 0 aliphatic carbocycles. The Labute approximate surface area is 194 Å². The van der Waals surface area contributed by atoms with Gasteiger partial charge in [0, 0.05) is 19.5 Å². The SMILES string of the molecule is CCOC(=O)c1ccc(S(=O)(=O)N2CCC(C(=O)OCCc3ccc(OC)cc3)CC2)cc1. The second kappa shape index (κ2) is 11.3. The predicted octanol–water partition coefficient (Wildman–Crippen LogP) is 3.06. The van der Waals surface area contributed by atoms with Crippen molar-refractivity contribution in [2.45, 2.75) is 31.1 Å². The van der Waals surface area contributed by atoms with E-state index in [1.807, 2.05) is 24.3 Å². The van der Waals surface area contributed by atoms with Crippen molar-refractivity contribution < 1.29 is 32.2 Å². The Morgan fingerprint density at radius 1 is 0.970 bits per heavy atom. The van der Waals surface area contributed by atoms with Crippen LogP contribution in [0.2, 0.25) is 0 Å². The lowest BCUT2D eigenvalue weighted by molar-refractivity contribution is -0.149. The molecule has 9 heteroatoms. The maximum atomic E-state index is 12.9. The van der Waals surface area contributed by atoms with Crippen LogP contribution >= 0.6 is 0 Å². The summed E-state index contributed by atoms with van der Waals surface area (Å²) in [7, 11) is -2.10. The van der Waals surface area contributed by atoms with Crippen LogP contribution in [0.5, 0.6) is 5.75 Å². The molecular weight excluding hydrogens is 446 g/mol. The maximum absolute atomic E-state index is 12.9. The third-order valence-electron chi connectivity index (χ3n) is 5.58. The standard InChI is InChI=1S/C24H29NO7S/c1-3-31-23(26)19-6-10-22(11-7-19)33(28,29)25-15-12-20(13-16-25)24(27)32-17-14-18-4-8-21(30-2)9-5-18/h4-11,20H,3,12-17H2,1-2H3. The van der Waals surface area contributed by atoms with E-state index >= 15 is 0 Å². The number of nitrogens with zero attached hydrogens (tertiary/aromatic N) is 1. The first-order chi connectivity index (χ1) is 15.8. The Balaban J connectivity index is 1.48. The molecule has 0 unspecified atom stereocenters. The molecule has 2 aromatic rings. The number of sulfonamides is 1. The van der Waals surface area contributed by atoms with Crippen LogP contribution in [0.15, 0.2) is 53.4 Å². The first-order valence-electron chi connectivity index (χ1n) is 10.9. The molecule has 1 fully saturated rings. The van der Waals surface area contributed by atoms with Gasteiger partial charge in [-0.1, -0.05) is 12.1 Å². The van der Waals surface area contributed by atoms with Crippen LogP contribution in [0.1, 0.15) is 35.7 Å². The molecule has 33 heavy (non-hydrogen) atoms. The molecule has 0 amide bonds. The average Bonchev–Trinajstić information content (AvgIpc) is 2.84. The van der Waals surface area contributed by atoms with Gasteiger partial charge in [0.25, 0.3) is 0 Å². The zero-order valence-corrected chi connectivity index (χ0v) is 19.7. The molecule has 3 rings (SSSR count). The van der Waals surface area contributed by atoms with E-state index in [0.29, 0.717) is 24.8 Å². The fourth-order valence-corrected chi connectivity index (χ4v) is 5.11. The van der Waals surface area contributed by atoms with E-state index < -0.39 is 16.0 Å². The van der Waals surface area contributed by atoms with Crippen LogP contribution in [0.4, 0.5) is 0 Å². The number of methoxy groups -OCH3 is 1. The molecule has 0 atom stereocenters. The van der Waals surface area contributed by atoms with Gasteiger partial charge in [-0.05, 0) is 61.7 Å². The zero-order chi connectivity index (χ0) is 23.8. The van der Waals surface area contributed by atoms with Gasteiger partial charge in [0.2, 0.25) is 10.0 Å². The van der Waals surface area contributed by atoms with Gasteiger partial charge in [-0.3, -0.25) is 4.79 Å². The molecule has 0 aromatic heterocycles. The van der Waals surface area contributed by atoms with E-state index in [0.717, 1.165) is 11.3 Å². The van der Waals surface area contributed by atoms with Crippen LogP contribution in [-0.4, -0.2) is 58.1 Å². The average molecular weight is 476 g/mol. The highest BCUT2D eigenvalue weighted by molar-refractivity contribution is 7.89. The Bertz CT molecular complexity index is 1040. The van der Waals surface area contributed by atoms with E-state index in [2.05, 4.69) is 0 Å². The van der Waals surface area contributed by atoms with Crippen LogP contribution in [0.3, 0.4) is 0 Å². The fraction of sp³-hybridized carbons (Fsp3) is 0.417. The van der Waals surface area contributed by atoms with Crippen molar-refractivity contribution in [3.05, 3.63) is 59.7 Å². The summed E-state index contributed by atoms with van der Waals surface area (Å²) in [6, 6.07) is 13.3. The quantitative estimate of drug-likeness (QED) is 0.514. The number of benzene rings is 2. The van der Waals surface area contributed by atoms with Crippen LogP contribution < -0.4 is 4.74 Å². The molecule has 0 spiro atoms. The van der Waals surface area contributed by atoms with Gasteiger partial charge in [-0.25, -0.2) is 13.2 Å². The summed E-state index contributed by atoms with van der Waals surface area (Å²) in [5.74, 6) is -0.335. The van der Waals surface area contributed by atoms with Gasteiger partial charge >= 0.3 is 11.9 Å². The number of ether oxygens (including phenoxy) is 3. The first kappa shape index (κ1) is 24.7. The van der Waals surface area contributed by atoms with Crippen molar-refractivity contribution >= 4 is 22.0 Å². The molecular formula is C24H29NO7S. The normalized spacial score (nSPS) is 15.1. The van der Waals surface area contributed by atoms with Crippen molar-refractivity contribution in [1.29, 1.82) is 0 Å². The van der Waals surface area contributed by atoms with Gasteiger partial charge < -0.3 is 14.2 Å². The Kier molecular flexibility index (Phi) is 8.46. The minimum absolute atomic E-state index is 0.107. The number of carbonyl (C=O) groups excluding carboxylic acids is 2. The molecule has 1 aliphatic heterocycles. The van der Waals surface area contributed by atoms with Crippen molar-refractivity contribution in [1.82, 2.24) is 4.31 Å². The van der Waals surface area contributed by atoms with E-state index in [-0.39, 0.29) is 43.1 Å². The number of hydrogen-bond donors (Lipinski definition) is 0. The number of piperidine rings is 1. The lowest BCUT2D eigenvalue weighted by Gasteiger charge is -2.30. The second-order valence-electron chi connectivity index (χ2n) is 7.69. The highest BCUT2D eigenvalue weighted by atomic mass is 32.2. The molecule has 0 radical (unpaired) electrons. The number of carbonyl (C=O) groups is 2. The Morgan fingerprint density at radius 2 is 1.61 bits per heavy atom. The molecule has 0 bridgehead atoms.